The van der Waals surface area contributed by atoms with Crippen LogP contribution in [0.25, 0.3) is 17.2 Å². The Bertz CT molecular complexity index is 1390. The topological polar surface area (TPSA) is 74.8 Å². The van der Waals surface area contributed by atoms with E-state index in [1.807, 2.05) is 13.1 Å². The molecule has 0 unspecified atom stereocenters. The highest BCUT2D eigenvalue weighted by molar-refractivity contribution is 6.02. The Hall–Kier alpha value is -3.31. The summed E-state index contributed by atoms with van der Waals surface area (Å²) in [5, 5.41) is 3.24. The Morgan fingerprint density at radius 1 is 1.11 bits per heavy atom. The molecule has 0 bridgehead atoms. The maximum Gasteiger partial charge on any atom is 0.247 e. The first-order chi connectivity index (χ1) is 18.2. The SMILES string of the molecule is CNCC[C@@H](CC(=O)C1=Cc2cc3c(nc2C1)CC[C@H](C(C)(C)C)C3)c1ccc(-c2ccc(=O)[nH]c2)cc1. The molecule has 0 spiro atoms. The molecule has 2 N–H and O–H groups in total. The van der Waals surface area contributed by atoms with E-state index in [2.05, 4.69) is 67.5 Å². The number of benzene rings is 1. The summed E-state index contributed by atoms with van der Waals surface area (Å²) in [6.45, 7) is 7.85. The van der Waals surface area contributed by atoms with E-state index < -0.39 is 0 Å². The Morgan fingerprint density at radius 2 is 1.87 bits per heavy atom. The van der Waals surface area contributed by atoms with Crippen molar-refractivity contribution in [2.45, 2.75) is 65.2 Å². The fraction of sp³-hybridized carbons (Fsp3) is 0.424. The number of aromatic amines is 1. The number of rotatable bonds is 8. The van der Waals surface area contributed by atoms with Crippen LogP contribution in [0, 0.1) is 11.3 Å². The van der Waals surface area contributed by atoms with E-state index in [0.717, 1.165) is 53.8 Å². The van der Waals surface area contributed by atoms with Crippen LogP contribution in [0.2, 0.25) is 0 Å². The number of Topliss-reactive ketones (excluding diaryl/α,β-unsaturated/α-hetero) is 1. The molecule has 5 nitrogen and oxygen atoms in total. The van der Waals surface area contributed by atoms with Gasteiger partial charge in [-0.3, -0.25) is 14.6 Å². The smallest absolute Gasteiger partial charge is 0.247 e. The zero-order valence-corrected chi connectivity index (χ0v) is 23.1. The maximum atomic E-state index is 13.5. The van der Waals surface area contributed by atoms with Crippen LogP contribution < -0.4 is 10.9 Å². The minimum atomic E-state index is -0.108. The molecule has 0 fully saturated rings. The molecule has 0 radical (unpaired) electrons. The van der Waals surface area contributed by atoms with Gasteiger partial charge in [0.25, 0.3) is 0 Å². The number of nitrogens with zero attached hydrogens (tertiary/aromatic N) is 1. The summed E-state index contributed by atoms with van der Waals surface area (Å²) in [4.78, 5) is 32.7. The van der Waals surface area contributed by atoms with Crippen LogP contribution in [-0.4, -0.2) is 29.3 Å². The number of carbonyl (C=O) groups is 1. The minimum absolute atomic E-state index is 0.108. The first kappa shape index (κ1) is 26.3. The lowest BCUT2D eigenvalue weighted by Crippen LogP contribution is -2.27. The standard InChI is InChI=1S/C33H39N3O2/c1-33(2,3)28-10-11-29-26(17-28)15-25-16-27(18-30(25)36-29)31(37)19-23(13-14-34-4)21-5-7-22(8-6-21)24-9-12-32(38)35-20-24/h5-9,12,15-16,20,23,28,34H,10-11,13-14,17-19H2,1-4H3,(H,35,38)/t23-,28-/m0/s1. The summed E-state index contributed by atoms with van der Waals surface area (Å²) >= 11 is 0. The van der Waals surface area contributed by atoms with Gasteiger partial charge >= 0.3 is 0 Å². The number of allylic oxidation sites excluding steroid dienone is 1. The van der Waals surface area contributed by atoms with Gasteiger partial charge in [0.2, 0.25) is 5.56 Å². The Balaban J connectivity index is 1.31. The second-order valence-corrected chi connectivity index (χ2v) is 12.1. The van der Waals surface area contributed by atoms with E-state index >= 15 is 0 Å². The second-order valence-electron chi connectivity index (χ2n) is 12.1. The highest BCUT2D eigenvalue weighted by atomic mass is 16.1. The molecule has 0 aliphatic heterocycles. The van der Waals surface area contributed by atoms with Crippen molar-refractivity contribution in [3.8, 4) is 11.1 Å². The minimum Gasteiger partial charge on any atom is -0.328 e. The summed E-state index contributed by atoms with van der Waals surface area (Å²) in [6, 6.07) is 14.1. The first-order valence-corrected chi connectivity index (χ1v) is 13.9. The number of nitrogens with one attached hydrogen (secondary N) is 2. The summed E-state index contributed by atoms with van der Waals surface area (Å²) in [5.74, 6) is 1.03. The Kier molecular flexibility index (Phi) is 7.49. The molecular weight excluding hydrogens is 470 g/mol. The average molecular weight is 510 g/mol. The maximum absolute atomic E-state index is 13.5. The summed E-state index contributed by atoms with van der Waals surface area (Å²) in [6.07, 6.45) is 9.17. The number of carbonyl (C=O) groups excluding carboxylic acids is 1. The number of aryl methyl sites for hydroxylation is 1. The predicted octanol–water partition coefficient (Wildman–Crippen LogP) is 5.88. The third-order valence-electron chi connectivity index (χ3n) is 8.44. The molecule has 2 atom stereocenters. The molecule has 1 aromatic carbocycles. The molecule has 198 valence electrons. The largest absolute Gasteiger partial charge is 0.328 e. The van der Waals surface area contributed by atoms with Crippen molar-refractivity contribution < 1.29 is 4.79 Å². The lowest BCUT2D eigenvalue weighted by molar-refractivity contribution is -0.116. The molecule has 2 heterocycles. The van der Waals surface area contributed by atoms with E-state index in [-0.39, 0.29) is 17.3 Å². The molecule has 38 heavy (non-hydrogen) atoms. The predicted molar refractivity (Wildman–Crippen MR) is 154 cm³/mol. The number of hydrogen-bond donors (Lipinski definition) is 2. The number of aromatic nitrogens is 2. The number of pyridine rings is 2. The number of ketones is 1. The van der Waals surface area contributed by atoms with Crippen molar-refractivity contribution in [1.82, 2.24) is 15.3 Å². The molecule has 2 aliphatic rings. The van der Waals surface area contributed by atoms with Gasteiger partial charge in [0.1, 0.15) is 0 Å². The van der Waals surface area contributed by atoms with Gasteiger partial charge < -0.3 is 10.3 Å². The summed E-state index contributed by atoms with van der Waals surface area (Å²) in [5.41, 5.74) is 9.07. The highest BCUT2D eigenvalue weighted by Crippen LogP contribution is 2.39. The van der Waals surface area contributed by atoms with Crippen LogP contribution in [-0.2, 0) is 24.1 Å². The molecule has 2 aromatic heterocycles. The van der Waals surface area contributed by atoms with Gasteiger partial charge in [-0.05, 0) is 103 Å². The van der Waals surface area contributed by atoms with E-state index in [1.165, 1.54) is 23.2 Å². The quantitative estimate of drug-likeness (QED) is 0.398. The fourth-order valence-corrected chi connectivity index (χ4v) is 5.93. The van der Waals surface area contributed by atoms with Crippen molar-refractivity contribution in [1.29, 1.82) is 0 Å². The zero-order chi connectivity index (χ0) is 26.9. The van der Waals surface area contributed by atoms with Crippen molar-refractivity contribution in [3.63, 3.8) is 0 Å². The van der Waals surface area contributed by atoms with Gasteiger partial charge in [-0.15, -0.1) is 0 Å². The molecular formula is C33H39N3O2. The number of fused-ring (bicyclic) bond motifs is 2. The fourth-order valence-electron chi connectivity index (χ4n) is 5.93. The molecule has 2 aliphatic carbocycles. The number of H-pyrrole nitrogens is 1. The normalized spacial score (nSPS) is 17.5. The third-order valence-corrected chi connectivity index (χ3v) is 8.44. The van der Waals surface area contributed by atoms with E-state index in [4.69, 9.17) is 4.98 Å². The van der Waals surface area contributed by atoms with Crippen LogP contribution in [0.5, 0.6) is 0 Å². The van der Waals surface area contributed by atoms with Gasteiger partial charge in [-0.25, -0.2) is 0 Å². The van der Waals surface area contributed by atoms with Gasteiger partial charge in [0.15, 0.2) is 5.78 Å². The first-order valence-electron chi connectivity index (χ1n) is 13.9. The lowest BCUT2D eigenvalue weighted by atomic mass is 9.71. The van der Waals surface area contributed by atoms with E-state index in [0.29, 0.717) is 24.2 Å². The van der Waals surface area contributed by atoms with Gasteiger partial charge in [-0.1, -0.05) is 45.0 Å². The van der Waals surface area contributed by atoms with Gasteiger partial charge in [0.05, 0.1) is 5.69 Å². The molecule has 5 rings (SSSR count). The van der Waals surface area contributed by atoms with Crippen molar-refractivity contribution in [2.24, 2.45) is 11.3 Å². The second kappa shape index (κ2) is 10.8. The molecule has 0 saturated carbocycles. The molecule has 0 amide bonds. The van der Waals surface area contributed by atoms with Crippen LogP contribution in [0.15, 0.2) is 59.0 Å². The van der Waals surface area contributed by atoms with Crippen molar-refractivity contribution >= 4 is 11.9 Å². The zero-order valence-electron chi connectivity index (χ0n) is 23.1. The molecule has 5 heteroatoms. The van der Waals surface area contributed by atoms with Crippen molar-refractivity contribution in [3.05, 3.63) is 92.7 Å². The third kappa shape index (κ3) is 5.73. The molecule has 0 saturated heterocycles. The van der Waals surface area contributed by atoms with Crippen LogP contribution in [0.1, 0.15) is 74.0 Å². The van der Waals surface area contributed by atoms with Crippen LogP contribution in [0.3, 0.4) is 0 Å². The number of hydrogen-bond acceptors (Lipinski definition) is 4. The Morgan fingerprint density at radius 3 is 2.55 bits per heavy atom. The van der Waals surface area contributed by atoms with Gasteiger partial charge in [0, 0.05) is 36.4 Å². The van der Waals surface area contributed by atoms with E-state index in [9.17, 15) is 9.59 Å². The highest BCUT2D eigenvalue weighted by Gasteiger charge is 2.31. The molecule has 3 aromatic rings. The summed E-state index contributed by atoms with van der Waals surface area (Å²) < 4.78 is 0. The van der Waals surface area contributed by atoms with Crippen molar-refractivity contribution in [2.75, 3.05) is 13.6 Å². The summed E-state index contributed by atoms with van der Waals surface area (Å²) in [7, 11) is 1.95. The van der Waals surface area contributed by atoms with Crippen LogP contribution in [0.4, 0.5) is 0 Å². The van der Waals surface area contributed by atoms with E-state index in [1.54, 1.807) is 12.3 Å². The lowest BCUT2D eigenvalue weighted by Gasteiger charge is -2.34. The average Bonchev–Trinajstić information content (AvgIpc) is 3.32. The monoisotopic (exact) mass is 509 g/mol. The Labute approximate surface area is 225 Å². The van der Waals surface area contributed by atoms with Gasteiger partial charge in [-0.2, -0.15) is 0 Å². The van der Waals surface area contributed by atoms with Crippen LogP contribution >= 0.6 is 0 Å².